The van der Waals surface area contributed by atoms with Gasteiger partial charge in [-0.25, -0.2) is 17.6 Å². The van der Waals surface area contributed by atoms with E-state index in [2.05, 4.69) is 0 Å². The van der Waals surface area contributed by atoms with E-state index in [9.17, 15) is 17.6 Å². The van der Waals surface area contributed by atoms with Gasteiger partial charge in [0.15, 0.2) is 11.6 Å². The fourth-order valence-electron chi connectivity index (χ4n) is 3.87. The van der Waals surface area contributed by atoms with Crippen LogP contribution in [0.5, 0.6) is 0 Å². The zero-order valence-corrected chi connectivity index (χ0v) is 15.1. The van der Waals surface area contributed by atoms with Crippen LogP contribution < -0.4 is 0 Å². The topological polar surface area (TPSA) is 0 Å². The largest absolute Gasteiger partial charge is 0.207 e. The van der Waals surface area contributed by atoms with Crippen molar-refractivity contribution in [3.8, 4) is 0 Å². The molecule has 0 fully saturated rings. The summed E-state index contributed by atoms with van der Waals surface area (Å²) in [6.07, 6.45) is 5.37. The summed E-state index contributed by atoms with van der Waals surface area (Å²) in [5.74, 6) is -2.28. The normalized spacial score (nSPS) is 16.6. The quantitative estimate of drug-likeness (QED) is 0.526. The molecule has 3 rings (SSSR count). The van der Waals surface area contributed by atoms with E-state index in [0.29, 0.717) is 49.7 Å². The van der Waals surface area contributed by atoms with Crippen LogP contribution in [-0.4, -0.2) is 0 Å². The lowest BCUT2D eigenvalue weighted by Crippen LogP contribution is -2.17. The van der Waals surface area contributed by atoms with Crippen LogP contribution >= 0.6 is 0 Å². The Morgan fingerprint density at radius 1 is 0.962 bits per heavy atom. The minimum absolute atomic E-state index is 0.140. The first-order valence-electron chi connectivity index (χ1n) is 9.42. The van der Waals surface area contributed by atoms with Crippen LogP contribution in [0.2, 0.25) is 0 Å². The lowest BCUT2D eigenvalue weighted by molar-refractivity contribution is 0.403. The smallest absolute Gasteiger partial charge is 0.162 e. The number of benzene rings is 2. The highest BCUT2D eigenvalue weighted by Gasteiger charge is 2.23. The Morgan fingerprint density at radius 2 is 1.69 bits per heavy atom. The predicted octanol–water partition coefficient (Wildman–Crippen LogP) is 6.32. The summed E-state index contributed by atoms with van der Waals surface area (Å²) in [6, 6.07) is 5.68. The number of rotatable bonds is 6. The molecule has 2 aromatic carbocycles. The highest BCUT2D eigenvalue weighted by molar-refractivity contribution is 5.32. The van der Waals surface area contributed by atoms with Gasteiger partial charge in [0.25, 0.3) is 0 Å². The van der Waals surface area contributed by atoms with Gasteiger partial charge in [-0.3, -0.25) is 0 Å². The van der Waals surface area contributed by atoms with Gasteiger partial charge >= 0.3 is 0 Å². The molecule has 0 nitrogen and oxygen atoms in total. The maximum atomic E-state index is 14.3. The Balaban J connectivity index is 1.65. The van der Waals surface area contributed by atoms with Gasteiger partial charge < -0.3 is 0 Å². The molecule has 0 saturated carbocycles. The third kappa shape index (κ3) is 4.11. The third-order valence-corrected chi connectivity index (χ3v) is 5.43. The Labute approximate surface area is 152 Å². The van der Waals surface area contributed by atoms with Gasteiger partial charge in [-0.1, -0.05) is 19.4 Å². The van der Waals surface area contributed by atoms with Crippen molar-refractivity contribution in [2.45, 2.75) is 58.3 Å². The Bertz CT molecular complexity index is 759. The molecule has 26 heavy (non-hydrogen) atoms. The first-order chi connectivity index (χ1) is 12.5. The van der Waals surface area contributed by atoms with E-state index in [1.54, 1.807) is 6.07 Å². The number of aryl methyl sites for hydroxylation is 1. The van der Waals surface area contributed by atoms with Crippen LogP contribution in [0.3, 0.4) is 0 Å². The van der Waals surface area contributed by atoms with Crippen molar-refractivity contribution in [1.29, 1.82) is 0 Å². The summed E-state index contributed by atoms with van der Waals surface area (Å²) in [5.41, 5.74) is 2.12. The number of halogens is 4. The van der Waals surface area contributed by atoms with Crippen molar-refractivity contribution in [2.24, 2.45) is 5.92 Å². The van der Waals surface area contributed by atoms with E-state index in [1.807, 2.05) is 6.92 Å². The second-order valence-electron chi connectivity index (χ2n) is 7.29. The molecule has 0 radical (unpaired) electrons. The molecular weight excluding hydrogens is 340 g/mol. The number of hydrogen-bond acceptors (Lipinski definition) is 0. The van der Waals surface area contributed by atoms with E-state index in [1.165, 1.54) is 12.1 Å². The highest BCUT2D eigenvalue weighted by Crippen LogP contribution is 2.31. The molecule has 0 bridgehead atoms. The average molecular weight is 364 g/mol. The van der Waals surface area contributed by atoms with Gasteiger partial charge in [0.1, 0.15) is 11.6 Å². The summed E-state index contributed by atoms with van der Waals surface area (Å²) in [4.78, 5) is 0. The maximum absolute atomic E-state index is 14.3. The van der Waals surface area contributed by atoms with Crippen molar-refractivity contribution in [3.05, 3.63) is 69.8 Å². The zero-order valence-electron chi connectivity index (χ0n) is 15.1. The van der Waals surface area contributed by atoms with E-state index in [0.717, 1.165) is 24.5 Å². The molecule has 4 heteroatoms. The van der Waals surface area contributed by atoms with E-state index in [4.69, 9.17) is 0 Å². The molecule has 0 saturated heterocycles. The third-order valence-electron chi connectivity index (χ3n) is 5.43. The molecule has 1 unspecified atom stereocenters. The van der Waals surface area contributed by atoms with Gasteiger partial charge in [-0.05, 0) is 85.8 Å². The molecule has 0 heterocycles. The van der Waals surface area contributed by atoms with E-state index in [-0.39, 0.29) is 11.5 Å². The second-order valence-corrected chi connectivity index (χ2v) is 7.29. The predicted molar refractivity (Wildman–Crippen MR) is 95.2 cm³/mol. The van der Waals surface area contributed by atoms with Crippen LogP contribution in [0.4, 0.5) is 17.6 Å². The molecule has 0 amide bonds. The molecule has 0 N–H and O–H groups in total. The Hall–Kier alpha value is -1.84. The highest BCUT2D eigenvalue weighted by atomic mass is 19.2. The summed E-state index contributed by atoms with van der Waals surface area (Å²) >= 11 is 0. The Morgan fingerprint density at radius 3 is 2.38 bits per heavy atom. The number of fused-ring (bicyclic) bond motifs is 1. The summed E-state index contributed by atoms with van der Waals surface area (Å²) in [5, 5.41) is 0. The fraction of sp³-hybridized carbons (Fsp3) is 0.455. The molecule has 1 aliphatic carbocycles. The van der Waals surface area contributed by atoms with Crippen molar-refractivity contribution in [3.63, 3.8) is 0 Å². The maximum Gasteiger partial charge on any atom is 0.162 e. The van der Waals surface area contributed by atoms with Crippen LogP contribution in [0.1, 0.15) is 54.9 Å². The fourth-order valence-corrected chi connectivity index (χ4v) is 3.87. The van der Waals surface area contributed by atoms with Crippen LogP contribution in [-0.2, 0) is 25.7 Å². The van der Waals surface area contributed by atoms with Gasteiger partial charge in [0.05, 0.1) is 0 Å². The van der Waals surface area contributed by atoms with Gasteiger partial charge in [-0.2, -0.15) is 0 Å². The van der Waals surface area contributed by atoms with E-state index < -0.39 is 23.3 Å². The van der Waals surface area contributed by atoms with Gasteiger partial charge in [0.2, 0.25) is 0 Å². The molecule has 0 aromatic heterocycles. The summed E-state index contributed by atoms with van der Waals surface area (Å²) < 4.78 is 55.7. The molecule has 0 spiro atoms. The zero-order chi connectivity index (χ0) is 18.7. The van der Waals surface area contributed by atoms with Crippen LogP contribution in [0.15, 0.2) is 24.3 Å². The SMILES string of the molecule is CCCCc1cc(F)c(CCC2CCc3c(ccc(F)c3F)C2)c(F)c1. The minimum Gasteiger partial charge on any atom is -0.207 e. The van der Waals surface area contributed by atoms with Crippen LogP contribution in [0, 0.1) is 29.2 Å². The van der Waals surface area contributed by atoms with E-state index >= 15 is 0 Å². The lowest BCUT2D eigenvalue weighted by atomic mass is 9.80. The first kappa shape index (κ1) is 18.9. The standard InChI is InChI=1S/C22H24F4/c1-2-3-4-15-12-20(24)18(21(25)13-15)9-6-14-5-8-17-16(11-14)7-10-19(23)22(17)26/h7,10,12-14H,2-6,8-9,11H2,1H3. The molecule has 2 aromatic rings. The second kappa shape index (κ2) is 8.24. The molecule has 1 atom stereocenters. The number of unbranched alkanes of at least 4 members (excludes halogenated alkanes) is 1. The monoisotopic (exact) mass is 364 g/mol. The van der Waals surface area contributed by atoms with Crippen molar-refractivity contribution < 1.29 is 17.6 Å². The summed E-state index contributed by atoms with van der Waals surface area (Å²) in [7, 11) is 0. The molecule has 0 aliphatic heterocycles. The van der Waals surface area contributed by atoms with Crippen molar-refractivity contribution >= 4 is 0 Å². The molecular formula is C22H24F4. The molecule has 1 aliphatic rings. The number of hydrogen-bond donors (Lipinski definition) is 0. The minimum atomic E-state index is -0.811. The lowest BCUT2D eigenvalue weighted by Gasteiger charge is -2.25. The van der Waals surface area contributed by atoms with Gasteiger partial charge in [-0.15, -0.1) is 0 Å². The van der Waals surface area contributed by atoms with Crippen molar-refractivity contribution in [1.82, 2.24) is 0 Å². The van der Waals surface area contributed by atoms with Gasteiger partial charge in [0, 0.05) is 5.56 Å². The summed E-state index contributed by atoms with van der Waals surface area (Å²) in [6.45, 7) is 2.05. The first-order valence-corrected chi connectivity index (χ1v) is 9.42. The molecule has 140 valence electrons. The van der Waals surface area contributed by atoms with Crippen molar-refractivity contribution in [2.75, 3.05) is 0 Å². The van der Waals surface area contributed by atoms with Crippen LogP contribution in [0.25, 0.3) is 0 Å². The average Bonchev–Trinajstić information content (AvgIpc) is 2.62. The Kier molecular flexibility index (Phi) is 6.00.